The number of ether oxygens (including phenoxy) is 3. The Morgan fingerprint density at radius 3 is 2.62 bits per heavy atom. The first-order valence-corrected chi connectivity index (χ1v) is 12.0. The van der Waals surface area contributed by atoms with Crippen molar-refractivity contribution in [2.24, 2.45) is 0 Å². The maximum absolute atomic E-state index is 13.3. The topological polar surface area (TPSA) is 74.7 Å². The molecule has 0 aromatic heterocycles. The molecule has 8 heteroatoms. The number of methoxy groups -OCH3 is 1. The molecule has 184 valence electrons. The van der Waals surface area contributed by atoms with Gasteiger partial charge < -0.3 is 24.2 Å². The van der Waals surface area contributed by atoms with Gasteiger partial charge in [0.25, 0.3) is 5.91 Å². The van der Waals surface area contributed by atoms with Crippen molar-refractivity contribution >= 4 is 5.91 Å². The van der Waals surface area contributed by atoms with E-state index in [1.54, 1.807) is 13.2 Å². The Kier molecular flexibility index (Phi) is 8.76. The third-order valence-electron chi connectivity index (χ3n) is 6.40. The third kappa shape index (κ3) is 6.70. The Hall–Kier alpha value is -2.65. The number of morpholine rings is 2. The molecule has 0 bridgehead atoms. The number of hydrogen-bond donors (Lipinski definition) is 1. The smallest absolute Gasteiger partial charge is 0.253 e. The van der Waals surface area contributed by atoms with Gasteiger partial charge in [0.05, 0.1) is 33.0 Å². The monoisotopic (exact) mass is 469 g/mol. The van der Waals surface area contributed by atoms with Crippen LogP contribution < -0.4 is 4.74 Å². The molecule has 2 aromatic rings. The first-order valence-electron chi connectivity index (χ1n) is 12.0. The third-order valence-corrected chi connectivity index (χ3v) is 6.40. The van der Waals surface area contributed by atoms with Gasteiger partial charge in [-0.3, -0.25) is 14.6 Å². The molecule has 2 saturated heterocycles. The van der Waals surface area contributed by atoms with Crippen LogP contribution in [-0.2, 0) is 16.0 Å². The minimum atomic E-state index is -0.0647. The molecule has 0 aliphatic carbocycles. The molecule has 8 nitrogen and oxygen atoms in total. The molecular formula is C26H35N3O5. The summed E-state index contributed by atoms with van der Waals surface area (Å²) in [5.74, 6) is 0.657. The van der Waals surface area contributed by atoms with E-state index in [4.69, 9.17) is 14.2 Å². The molecule has 4 rings (SSSR count). The van der Waals surface area contributed by atoms with Crippen LogP contribution in [0.1, 0.15) is 15.9 Å². The second kappa shape index (κ2) is 12.2. The van der Waals surface area contributed by atoms with E-state index < -0.39 is 0 Å². The summed E-state index contributed by atoms with van der Waals surface area (Å²) in [6.07, 6.45) is -0.0647. The molecule has 1 atom stereocenters. The van der Waals surface area contributed by atoms with Crippen LogP contribution in [0.5, 0.6) is 11.5 Å². The first-order chi connectivity index (χ1) is 16.6. The minimum Gasteiger partial charge on any atom is -0.504 e. The number of phenolic OH excluding ortho intramolecular Hbond substituents is 1. The van der Waals surface area contributed by atoms with Crippen molar-refractivity contribution in [2.75, 3.05) is 72.7 Å². The highest BCUT2D eigenvalue weighted by Gasteiger charge is 2.26. The lowest BCUT2D eigenvalue weighted by Gasteiger charge is -2.37. The number of nitrogens with zero attached hydrogens (tertiary/aromatic N) is 3. The summed E-state index contributed by atoms with van der Waals surface area (Å²) in [5.41, 5.74) is 1.77. The average molecular weight is 470 g/mol. The molecular weight excluding hydrogens is 434 g/mol. The Labute approximate surface area is 201 Å². The van der Waals surface area contributed by atoms with Crippen molar-refractivity contribution in [1.29, 1.82) is 0 Å². The molecule has 2 heterocycles. The highest BCUT2D eigenvalue weighted by atomic mass is 16.5. The van der Waals surface area contributed by atoms with E-state index in [9.17, 15) is 9.90 Å². The van der Waals surface area contributed by atoms with Crippen molar-refractivity contribution in [1.82, 2.24) is 14.7 Å². The van der Waals surface area contributed by atoms with E-state index in [0.29, 0.717) is 31.0 Å². The highest BCUT2D eigenvalue weighted by molar-refractivity contribution is 5.94. The molecule has 0 saturated carbocycles. The van der Waals surface area contributed by atoms with Crippen molar-refractivity contribution in [2.45, 2.75) is 12.6 Å². The SMILES string of the molecule is COc1cc(CN2CCOC(CN(CCN3CCOCC3)C(=O)c3ccccc3)C2)ccc1O. The van der Waals surface area contributed by atoms with Crippen molar-refractivity contribution in [3.05, 3.63) is 59.7 Å². The van der Waals surface area contributed by atoms with Crippen LogP contribution in [-0.4, -0.2) is 105 Å². The second-order valence-corrected chi connectivity index (χ2v) is 8.81. The fourth-order valence-corrected chi connectivity index (χ4v) is 4.48. The van der Waals surface area contributed by atoms with Crippen molar-refractivity contribution in [3.8, 4) is 11.5 Å². The summed E-state index contributed by atoms with van der Waals surface area (Å²) >= 11 is 0. The van der Waals surface area contributed by atoms with Gasteiger partial charge in [0.1, 0.15) is 0 Å². The summed E-state index contributed by atoms with van der Waals surface area (Å²) < 4.78 is 16.8. The molecule has 2 aromatic carbocycles. The van der Waals surface area contributed by atoms with Gasteiger partial charge in [-0.15, -0.1) is 0 Å². The van der Waals surface area contributed by atoms with Gasteiger partial charge in [-0.25, -0.2) is 0 Å². The second-order valence-electron chi connectivity index (χ2n) is 8.81. The molecule has 0 spiro atoms. The average Bonchev–Trinajstić information content (AvgIpc) is 2.88. The number of benzene rings is 2. The van der Waals surface area contributed by atoms with Gasteiger partial charge in [0.15, 0.2) is 11.5 Å². The van der Waals surface area contributed by atoms with Crippen LogP contribution in [0.3, 0.4) is 0 Å². The van der Waals surface area contributed by atoms with E-state index in [-0.39, 0.29) is 17.8 Å². The van der Waals surface area contributed by atoms with Crippen LogP contribution in [0, 0.1) is 0 Å². The minimum absolute atomic E-state index is 0.0397. The molecule has 34 heavy (non-hydrogen) atoms. The standard InChI is InChI=1S/C26H35N3O5/c1-32-25-17-21(7-8-24(25)30)18-28-13-16-34-23(19-28)20-29(10-9-27-11-14-33-15-12-27)26(31)22-5-3-2-4-6-22/h2-8,17,23,30H,9-16,18-20H2,1H3. The zero-order chi connectivity index (χ0) is 23.8. The lowest BCUT2D eigenvalue weighted by molar-refractivity contribution is -0.0443. The molecule has 2 aliphatic heterocycles. The normalized spacial score (nSPS) is 19.6. The summed E-state index contributed by atoms with van der Waals surface area (Å²) in [6.45, 7) is 8.23. The fraction of sp³-hybridized carbons (Fsp3) is 0.500. The highest BCUT2D eigenvalue weighted by Crippen LogP contribution is 2.27. The van der Waals surface area contributed by atoms with Crippen molar-refractivity contribution in [3.63, 3.8) is 0 Å². The predicted molar refractivity (Wildman–Crippen MR) is 129 cm³/mol. The fourth-order valence-electron chi connectivity index (χ4n) is 4.48. The van der Waals surface area contributed by atoms with Crippen LogP contribution >= 0.6 is 0 Å². The molecule has 1 N–H and O–H groups in total. The number of carbonyl (C=O) groups is 1. The van der Waals surface area contributed by atoms with E-state index in [1.165, 1.54) is 0 Å². The van der Waals surface area contributed by atoms with Gasteiger partial charge in [0, 0.05) is 57.9 Å². The van der Waals surface area contributed by atoms with Gasteiger partial charge in [0.2, 0.25) is 0 Å². The van der Waals surface area contributed by atoms with Gasteiger partial charge in [-0.1, -0.05) is 24.3 Å². The lowest BCUT2D eigenvalue weighted by atomic mass is 10.1. The summed E-state index contributed by atoms with van der Waals surface area (Å²) in [7, 11) is 1.55. The van der Waals surface area contributed by atoms with Gasteiger partial charge in [-0.05, 0) is 29.8 Å². The zero-order valence-corrected chi connectivity index (χ0v) is 19.9. The predicted octanol–water partition coefficient (Wildman–Crippen LogP) is 2.08. The van der Waals surface area contributed by atoms with Crippen LogP contribution in [0.15, 0.2) is 48.5 Å². The summed E-state index contributed by atoms with van der Waals surface area (Å²) in [5, 5.41) is 9.87. The Morgan fingerprint density at radius 2 is 1.85 bits per heavy atom. The molecule has 0 radical (unpaired) electrons. The number of aromatic hydroxyl groups is 1. The van der Waals surface area contributed by atoms with Crippen molar-refractivity contribution < 1.29 is 24.1 Å². The molecule has 1 amide bonds. The molecule has 2 fully saturated rings. The Bertz CT molecular complexity index is 920. The van der Waals surface area contributed by atoms with E-state index in [2.05, 4.69) is 9.80 Å². The van der Waals surface area contributed by atoms with E-state index in [0.717, 1.165) is 58.0 Å². The number of hydrogen-bond acceptors (Lipinski definition) is 7. The van der Waals surface area contributed by atoms with Crippen LogP contribution in [0.2, 0.25) is 0 Å². The molecule has 1 unspecified atom stereocenters. The van der Waals surface area contributed by atoms with Gasteiger partial charge in [-0.2, -0.15) is 0 Å². The number of carbonyl (C=O) groups excluding carboxylic acids is 1. The number of rotatable bonds is 9. The number of amides is 1. The maximum atomic E-state index is 13.3. The first kappa shape index (κ1) is 24.5. The maximum Gasteiger partial charge on any atom is 0.253 e. The molecule has 2 aliphatic rings. The largest absolute Gasteiger partial charge is 0.504 e. The Morgan fingerprint density at radius 1 is 1.09 bits per heavy atom. The lowest BCUT2D eigenvalue weighted by Crippen LogP contribution is -2.50. The summed E-state index contributed by atoms with van der Waals surface area (Å²) in [4.78, 5) is 20.0. The zero-order valence-electron chi connectivity index (χ0n) is 19.9. The van der Waals surface area contributed by atoms with Crippen LogP contribution in [0.25, 0.3) is 0 Å². The van der Waals surface area contributed by atoms with Gasteiger partial charge >= 0.3 is 0 Å². The van der Waals surface area contributed by atoms with E-state index in [1.807, 2.05) is 47.4 Å². The van der Waals surface area contributed by atoms with E-state index >= 15 is 0 Å². The summed E-state index contributed by atoms with van der Waals surface area (Å²) in [6, 6.07) is 14.9. The number of phenols is 1. The Balaban J connectivity index is 1.39. The van der Waals surface area contributed by atoms with Crippen LogP contribution in [0.4, 0.5) is 0 Å². The quantitative estimate of drug-likeness (QED) is 0.603.